The molecule has 28 heavy (non-hydrogen) atoms. The van der Waals surface area contributed by atoms with Gasteiger partial charge in [0.15, 0.2) is 10.5 Å². The summed E-state index contributed by atoms with van der Waals surface area (Å²) >= 11 is 5.30. The molecule has 0 radical (unpaired) electrons. The third kappa shape index (κ3) is 2.32. The molecule has 0 aromatic heterocycles. The Balaban J connectivity index is 1.66. The first-order valence-corrected chi connectivity index (χ1v) is 10.1. The lowest BCUT2D eigenvalue weighted by molar-refractivity contribution is -0.384. The van der Waals surface area contributed by atoms with E-state index >= 15 is 0 Å². The normalized spacial score (nSPS) is 29.4. The number of anilines is 1. The van der Waals surface area contributed by atoms with E-state index in [1.807, 2.05) is 0 Å². The topological polar surface area (TPSA) is 95.8 Å². The molecular formula is C19H20N4O4S. The van der Waals surface area contributed by atoms with Crippen molar-refractivity contribution in [2.45, 2.75) is 50.6 Å². The second-order valence-corrected chi connectivity index (χ2v) is 8.48. The van der Waals surface area contributed by atoms with Crippen LogP contribution in [-0.4, -0.2) is 45.4 Å². The molecule has 3 aliphatic heterocycles. The van der Waals surface area contributed by atoms with Gasteiger partial charge in [-0.15, -0.1) is 0 Å². The Morgan fingerprint density at radius 2 is 2.00 bits per heavy atom. The Hall–Kier alpha value is -2.55. The summed E-state index contributed by atoms with van der Waals surface area (Å²) in [4.78, 5) is 41.5. The Labute approximate surface area is 167 Å². The van der Waals surface area contributed by atoms with Gasteiger partial charge in [0.25, 0.3) is 5.69 Å². The number of amides is 2. The number of piperidine rings is 1. The van der Waals surface area contributed by atoms with Crippen molar-refractivity contribution >= 4 is 40.5 Å². The van der Waals surface area contributed by atoms with Crippen LogP contribution in [0.1, 0.15) is 37.7 Å². The number of nitro benzene ring substituents is 1. The second-order valence-electron chi connectivity index (χ2n) is 8.09. The Morgan fingerprint density at radius 1 is 1.21 bits per heavy atom. The molecule has 5 rings (SSSR count). The highest BCUT2D eigenvalue weighted by Crippen LogP contribution is 2.49. The van der Waals surface area contributed by atoms with Crippen molar-refractivity contribution in [1.29, 1.82) is 0 Å². The molecule has 4 aliphatic rings. The van der Waals surface area contributed by atoms with Crippen molar-refractivity contribution in [2.24, 2.45) is 5.41 Å². The number of hydrogen-bond donors (Lipinski definition) is 1. The van der Waals surface area contributed by atoms with Gasteiger partial charge in [0, 0.05) is 36.8 Å². The zero-order valence-electron chi connectivity index (χ0n) is 15.2. The molecular weight excluding hydrogens is 380 g/mol. The van der Waals surface area contributed by atoms with Crippen molar-refractivity contribution in [2.75, 3.05) is 11.4 Å². The summed E-state index contributed by atoms with van der Waals surface area (Å²) in [5, 5.41) is 14.2. The first-order valence-electron chi connectivity index (χ1n) is 9.66. The SMILES string of the molecule is O=C1NC(=S)N(C2CC2)C(=O)[C@]12Cc1cc([N+](=O)[O-])ccc1N1CCCC[C@H]12. The highest BCUT2D eigenvalue weighted by molar-refractivity contribution is 7.80. The van der Waals surface area contributed by atoms with Gasteiger partial charge >= 0.3 is 0 Å². The second kappa shape index (κ2) is 5.97. The van der Waals surface area contributed by atoms with Crippen LogP contribution in [0, 0.1) is 15.5 Å². The predicted octanol–water partition coefficient (Wildman–Crippen LogP) is 1.90. The first kappa shape index (κ1) is 17.5. The summed E-state index contributed by atoms with van der Waals surface area (Å²) in [5.41, 5.74) is 0.266. The van der Waals surface area contributed by atoms with Gasteiger partial charge in [-0.05, 0) is 56.0 Å². The summed E-state index contributed by atoms with van der Waals surface area (Å²) in [6, 6.07) is 4.56. The zero-order valence-corrected chi connectivity index (χ0v) is 16.0. The molecule has 3 heterocycles. The lowest BCUT2D eigenvalue weighted by Crippen LogP contribution is -2.72. The summed E-state index contributed by atoms with van der Waals surface area (Å²) < 4.78 is 0. The standard InChI is InChI=1S/C19H20N4O4S/c24-16-19(17(25)22(12-4-5-12)18(28)20-16)10-11-9-13(23(26)27)6-7-14(11)21-8-2-1-3-15(19)21/h6-7,9,12,15H,1-5,8,10H2,(H,20,24,28)/t15-,19-/m0/s1. The Morgan fingerprint density at radius 3 is 2.71 bits per heavy atom. The molecule has 1 N–H and O–H groups in total. The van der Waals surface area contributed by atoms with Crippen molar-refractivity contribution in [3.05, 3.63) is 33.9 Å². The van der Waals surface area contributed by atoms with Gasteiger partial charge in [-0.25, -0.2) is 0 Å². The molecule has 9 heteroatoms. The smallest absolute Gasteiger partial charge is 0.269 e. The average Bonchev–Trinajstić information content (AvgIpc) is 3.50. The molecule has 1 saturated carbocycles. The number of benzene rings is 1. The molecule has 3 fully saturated rings. The fourth-order valence-corrected chi connectivity index (χ4v) is 5.37. The van der Waals surface area contributed by atoms with Crippen molar-refractivity contribution < 1.29 is 14.5 Å². The average molecular weight is 400 g/mol. The quantitative estimate of drug-likeness (QED) is 0.353. The molecule has 2 atom stereocenters. The number of nitrogens with zero attached hydrogens (tertiary/aromatic N) is 3. The van der Waals surface area contributed by atoms with Gasteiger partial charge < -0.3 is 10.2 Å². The Kier molecular flexibility index (Phi) is 3.74. The molecule has 146 valence electrons. The number of non-ortho nitro benzene ring substituents is 1. The number of carbonyl (C=O) groups is 2. The van der Waals surface area contributed by atoms with E-state index in [1.165, 1.54) is 12.1 Å². The summed E-state index contributed by atoms with van der Waals surface area (Å²) in [6.07, 6.45) is 4.58. The summed E-state index contributed by atoms with van der Waals surface area (Å²) in [7, 11) is 0. The van der Waals surface area contributed by atoms with E-state index in [0.29, 0.717) is 5.56 Å². The van der Waals surface area contributed by atoms with Crippen LogP contribution < -0.4 is 10.2 Å². The minimum Gasteiger partial charge on any atom is -0.367 e. The highest BCUT2D eigenvalue weighted by atomic mass is 32.1. The number of rotatable bonds is 2. The molecule has 8 nitrogen and oxygen atoms in total. The summed E-state index contributed by atoms with van der Waals surface area (Å²) in [5.74, 6) is -0.605. The third-order valence-corrected chi connectivity index (χ3v) is 6.78. The van der Waals surface area contributed by atoms with Crippen LogP contribution in [-0.2, 0) is 16.0 Å². The lowest BCUT2D eigenvalue weighted by atomic mass is 9.66. The third-order valence-electron chi connectivity index (χ3n) is 6.48. The van der Waals surface area contributed by atoms with Crippen LogP contribution in [0.4, 0.5) is 11.4 Å². The number of hydrogen-bond acceptors (Lipinski definition) is 6. The van der Waals surface area contributed by atoms with Gasteiger partial charge in [-0.2, -0.15) is 0 Å². The van der Waals surface area contributed by atoms with E-state index in [1.54, 1.807) is 11.0 Å². The molecule has 1 aromatic carbocycles. The molecule has 1 spiro atoms. The fourth-order valence-electron chi connectivity index (χ4n) is 5.05. The maximum Gasteiger partial charge on any atom is 0.269 e. The van der Waals surface area contributed by atoms with E-state index in [4.69, 9.17) is 12.2 Å². The molecule has 1 aliphatic carbocycles. The number of thiocarbonyl (C=S) groups is 1. The first-order chi connectivity index (χ1) is 13.4. The van der Waals surface area contributed by atoms with Gasteiger partial charge in [0.1, 0.15) is 0 Å². The van der Waals surface area contributed by atoms with Gasteiger partial charge in [0.2, 0.25) is 11.8 Å². The largest absolute Gasteiger partial charge is 0.367 e. The summed E-state index contributed by atoms with van der Waals surface area (Å²) in [6.45, 7) is 0.728. The highest BCUT2D eigenvalue weighted by Gasteiger charge is 2.62. The van der Waals surface area contributed by atoms with Crippen LogP contribution in [0.2, 0.25) is 0 Å². The van der Waals surface area contributed by atoms with Crippen molar-refractivity contribution in [3.8, 4) is 0 Å². The zero-order chi connectivity index (χ0) is 19.6. The Bertz CT molecular complexity index is 931. The van der Waals surface area contributed by atoms with Crippen LogP contribution in [0.3, 0.4) is 0 Å². The maximum absolute atomic E-state index is 13.7. The fraction of sp³-hybridized carbons (Fsp3) is 0.526. The van der Waals surface area contributed by atoms with E-state index in [9.17, 15) is 19.7 Å². The number of nitrogens with one attached hydrogen (secondary N) is 1. The molecule has 1 aromatic rings. The minimum atomic E-state index is -1.28. The van der Waals surface area contributed by atoms with Gasteiger partial charge in [0.05, 0.1) is 11.0 Å². The van der Waals surface area contributed by atoms with Crippen LogP contribution >= 0.6 is 12.2 Å². The van der Waals surface area contributed by atoms with E-state index in [-0.39, 0.29) is 41.1 Å². The van der Waals surface area contributed by atoms with Gasteiger partial charge in [-0.1, -0.05) is 0 Å². The number of fused-ring (bicyclic) bond motifs is 4. The monoisotopic (exact) mass is 400 g/mol. The van der Waals surface area contributed by atoms with E-state index in [2.05, 4.69) is 10.2 Å². The van der Waals surface area contributed by atoms with Crippen molar-refractivity contribution in [3.63, 3.8) is 0 Å². The van der Waals surface area contributed by atoms with E-state index < -0.39 is 10.3 Å². The number of carbonyl (C=O) groups excluding carboxylic acids is 2. The predicted molar refractivity (Wildman–Crippen MR) is 105 cm³/mol. The minimum absolute atomic E-state index is 0.0254. The molecule has 0 bridgehead atoms. The number of nitro groups is 1. The van der Waals surface area contributed by atoms with E-state index in [0.717, 1.165) is 44.3 Å². The van der Waals surface area contributed by atoms with Crippen LogP contribution in [0.25, 0.3) is 0 Å². The van der Waals surface area contributed by atoms with Crippen molar-refractivity contribution in [1.82, 2.24) is 10.2 Å². The molecule has 2 amide bonds. The van der Waals surface area contributed by atoms with Crippen LogP contribution in [0.5, 0.6) is 0 Å². The van der Waals surface area contributed by atoms with Gasteiger partial charge in [-0.3, -0.25) is 24.6 Å². The maximum atomic E-state index is 13.7. The molecule has 2 saturated heterocycles. The lowest BCUT2D eigenvalue weighted by Gasteiger charge is -2.54. The molecule has 0 unspecified atom stereocenters. The van der Waals surface area contributed by atoms with Crippen LogP contribution in [0.15, 0.2) is 18.2 Å².